The largest absolute Gasteiger partial charge is 0.481 e. The molecule has 16 heavy (non-hydrogen) atoms. The molecule has 0 unspecified atom stereocenters. The first-order valence-electron chi connectivity index (χ1n) is 5.71. The van der Waals surface area contributed by atoms with E-state index in [-0.39, 0.29) is 11.8 Å². The molecule has 0 aromatic heterocycles. The van der Waals surface area contributed by atoms with Crippen molar-refractivity contribution in [1.29, 1.82) is 0 Å². The van der Waals surface area contributed by atoms with Gasteiger partial charge in [0.1, 0.15) is 0 Å². The normalized spacial score (nSPS) is 36.5. The van der Waals surface area contributed by atoms with E-state index in [4.69, 9.17) is 10.8 Å². The quantitative estimate of drug-likeness (QED) is 0.720. The van der Waals surface area contributed by atoms with E-state index in [1.807, 2.05) is 11.8 Å². The summed E-state index contributed by atoms with van der Waals surface area (Å²) < 4.78 is 0. The molecule has 0 aliphatic heterocycles. The minimum atomic E-state index is -0.712. The Morgan fingerprint density at radius 3 is 3.06 bits per heavy atom. The lowest BCUT2D eigenvalue weighted by Gasteiger charge is -2.51. The molecule has 3 atom stereocenters. The van der Waals surface area contributed by atoms with Crippen LogP contribution in [0.5, 0.6) is 0 Å². The number of rotatable bonds is 5. The van der Waals surface area contributed by atoms with E-state index in [2.05, 4.69) is 12.3 Å². The summed E-state index contributed by atoms with van der Waals surface area (Å²) >= 11 is 1.84. The maximum atomic E-state index is 10.9. The van der Waals surface area contributed by atoms with Crippen LogP contribution in [0.3, 0.4) is 0 Å². The third-order valence-electron chi connectivity index (χ3n) is 4.06. The summed E-state index contributed by atoms with van der Waals surface area (Å²) in [6, 6.07) is 0. The van der Waals surface area contributed by atoms with E-state index in [0.717, 1.165) is 18.6 Å². The lowest BCUT2D eigenvalue weighted by molar-refractivity contribution is -0.144. The predicted molar refractivity (Wildman–Crippen MR) is 66.4 cm³/mol. The van der Waals surface area contributed by atoms with Crippen molar-refractivity contribution in [3.63, 3.8) is 0 Å². The fraction of sp³-hybridized carbons (Fsp3) is 0.750. The SMILES string of the molecule is CSCC1=C[C@H]2[C@H](C1)C[C@@]2(CN)CC(=O)O. The number of nitrogens with two attached hydrogens (primary N) is 1. The molecule has 1 saturated carbocycles. The van der Waals surface area contributed by atoms with E-state index in [1.54, 1.807) is 0 Å². The molecule has 2 aliphatic rings. The van der Waals surface area contributed by atoms with Gasteiger partial charge in [-0.1, -0.05) is 11.6 Å². The molecule has 0 bridgehead atoms. The molecule has 0 saturated heterocycles. The molecule has 1 fully saturated rings. The molecular weight excluding hydrogens is 222 g/mol. The van der Waals surface area contributed by atoms with E-state index >= 15 is 0 Å². The van der Waals surface area contributed by atoms with Crippen molar-refractivity contribution in [2.75, 3.05) is 18.6 Å². The number of carbonyl (C=O) groups is 1. The number of hydrogen-bond acceptors (Lipinski definition) is 3. The summed E-state index contributed by atoms with van der Waals surface area (Å²) in [4.78, 5) is 10.9. The smallest absolute Gasteiger partial charge is 0.303 e. The van der Waals surface area contributed by atoms with Crippen LogP contribution in [-0.2, 0) is 4.79 Å². The molecule has 3 nitrogen and oxygen atoms in total. The van der Waals surface area contributed by atoms with Gasteiger partial charge in [0.2, 0.25) is 0 Å². The third kappa shape index (κ3) is 1.89. The molecule has 0 radical (unpaired) electrons. The first-order chi connectivity index (χ1) is 7.61. The fourth-order valence-corrected chi connectivity index (χ4v) is 3.96. The van der Waals surface area contributed by atoms with Gasteiger partial charge in [0.15, 0.2) is 0 Å². The number of carboxylic acids is 1. The Hall–Kier alpha value is -0.480. The number of allylic oxidation sites excluding steroid dienone is 1. The van der Waals surface area contributed by atoms with Gasteiger partial charge in [-0.25, -0.2) is 0 Å². The standard InChI is InChI=1S/C12H19NO2S/c1-16-6-8-2-9-4-12(7-13,5-11(14)15)10(9)3-8/h3,9-10H,2,4-7,13H2,1H3,(H,14,15)/t9-,10+,12+/m1/s1. The Morgan fingerprint density at radius 1 is 1.75 bits per heavy atom. The summed E-state index contributed by atoms with van der Waals surface area (Å²) in [7, 11) is 0. The summed E-state index contributed by atoms with van der Waals surface area (Å²) in [6.07, 6.45) is 6.80. The van der Waals surface area contributed by atoms with E-state index in [9.17, 15) is 4.79 Å². The fourth-order valence-electron chi connectivity index (χ4n) is 3.37. The second-order valence-corrected chi connectivity index (χ2v) is 5.96. The highest BCUT2D eigenvalue weighted by Gasteiger charge is 2.54. The molecule has 2 aliphatic carbocycles. The Kier molecular flexibility index (Phi) is 3.31. The van der Waals surface area contributed by atoms with Crippen LogP contribution in [0.25, 0.3) is 0 Å². The van der Waals surface area contributed by atoms with Crippen molar-refractivity contribution in [2.45, 2.75) is 19.3 Å². The number of aliphatic carboxylic acids is 1. The van der Waals surface area contributed by atoms with Crippen molar-refractivity contribution in [3.8, 4) is 0 Å². The highest BCUT2D eigenvalue weighted by molar-refractivity contribution is 7.98. The van der Waals surface area contributed by atoms with Gasteiger partial charge in [0.05, 0.1) is 6.42 Å². The first-order valence-corrected chi connectivity index (χ1v) is 7.11. The van der Waals surface area contributed by atoms with Crippen LogP contribution in [0.15, 0.2) is 11.6 Å². The van der Waals surface area contributed by atoms with Crippen molar-refractivity contribution in [1.82, 2.24) is 0 Å². The van der Waals surface area contributed by atoms with Crippen LogP contribution in [0.2, 0.25) is 0 Å². The minimum Gasteiger partial charge on any atom is -0.481 e. The molecular formula is C12H19NO2S. The molecule has 0 amide bonds. The van der Waals surface area contributed by atoms with Gasteiger partial charge in [-0.2, -0.15) is 11.8 Å². The molecule has 4 heteroatoms. The topological polar surface area (TPSA) is 63.3 Å². The average Bonchev–Trinajstić information content (AvgIpc) is 2.54. The van der Waals surface area contributed by atoms with Gasteiger partial charge in [-0.15, -0.1) is 0 Å². The first kappa shape index (κ1) is 12.0. The van der Waals surface area contributed by atoms with Crippen molar-refractivity contribution >= 4 is 17.7 Å². The molecule has 2 rings (SSSR count). The maximum absolute atomic E-state index is 10.9. The van der Waals surface area contributed by atoms with Crippen molar-refractivity contribution in [2.24, 2.45) is 23.0 Å². The number of thioether (sulfide) groups is 1. The highest BCUT2D eigenvalue weighted by Crippen LogP contribution is 2.59. The lowest BCUT2D eigenvalue weighted by atomic mass is 9.53. The molecule has 0 heterocycles. The molecule has 0 aromatic carbocycles. The second-order valence-electron chi connectivity index (χ2n) is 5.09. The van der Waals surface area contributed by atoms with Crippen molar-refractivity contribution in [3.05, 3.63) is 11.6 Å². The zero-order valence-corrected chi connectivity index (χ0v) is 10.4. The van der Waals surface area contributed by atoms with Crippen LogP contribution in [0.4, 0.5) is 0 Å². The monoisotopic (exact) mass is 241 g/mol. The van der Waals surface area contributed by atoms with Crippen LogP contribution in [-0.4, -0.2) is 29.6 Å². The summed E-state index contributed by atoms with van der Waals surface area (Å²) in [5, 5.41) is 8.95. The Morgan fingerprint density at radius 2 is 2.50 bits per heavy atom. The van der Waals surface area contributed by atoms with Gasteiger partial charge < -0.3 is 10.8 Å². The van der Waals surface area contributed by atoms with Crippen LogP contribution in [0.1, 0.15) is 19.3 Å². The van der Waals surface area contributed by atoms with Gasteiger partial charge >= 0.3 is 5.97 Å². The summed E-state index contributed by atoms with van der Waals surface area (Å²) in [6.45, 7) is 0.503. The van der Waals surface area contributed by atoms with Crippen molar-refractivity contribution < 1.29 is 9.90 Å². The maximum Gasteiger partial charge on any atom is 0.303 e. The Balaban J connectivity index is 2.07. The zero-order chi connectivity index (χ0) is 11.8. The number of hydrogen-bond donors (Lipinski definition) is 2. The van der Waals surface area contributed by atoms with E-state index in [0.29, 0.717) is 18.4 Å². The van der Waals surface area contributed by atoms with Gasteiger partial charge in [0.25, 0.3) is 0 Å². The zero-order valence-electron chi connectivity index (χ0n) is 9.61. The molecule has 3 N–H and O–H groups in total. The summed E-state index contributed by atoms with van der Waals surface area (Å²) in [5.74, 6) is 1.47. The van der Waals surface area contributed by atoms with Gasteiger partial charge in [-0.05, 0) is 42.9 Å². The Bertz CT molecular complexity index is 329. The second kappa shape index (κ2) is 4.41. The number of carboxylic acid groups (broad SMARTS) is 1. The highest BCUT2D eigenvalue weighted by atomic mass is 32.2. The molecule has 90 valence electrons. The molecule has 0 aromatic rings. The average molecular weight is 241 g/mol. The van der Waals surface area contributed by atoms with E-state index in [1.165, 1.54) is 5.57 Å². The van der Waals surface area contributed by atoms with E-state index < -0.39 is 5.97 Å². The number of fused-ring (bicyclic) bond motifs is 1. The summed E-state index contributed by atoms with van der Waals surface area (Å²) in [5.41, 5.74) is 7.14. The van der Waals surface area contributed by atoms with Gasteiger partial charge in [-0.3, -0.25) is 4.79 Å². The predicted octanol–water partition coefficient (Wildman–Crippen LogP) is 1.74. The van der Waals surface area contributed by atoms with Gasteiger partial charge in [0, 0.05) is 5.75 Å². The minimum absolute atomic E-state index is 0.142. The Labute approximate surface area is 100 Å². The van der Waals surface area contributed by atoms with Crippen LogP contribution < -0.4 is 5.73 Å². The third-order valence-corrected chi connectivity index (χ3v) is 4.72. The van der Waals surface area contributed by atoms with Crippen LogP contribution >= 0.6 is 11.8 Å². The van der Waals surface area contributed by atoms with Crippen LogP contribution in [0, 0.1) is 17.3 Å². The lowest BCUT2D eigenvalue weighted by Crippen LogP contribution is -2.51. The molecule has 0 spiro atoms.